The van der Waals surface area contributed by atoms with Crippen molar-refractivity contribution < 1.29 is 51.4 Å². The minimum Gasteiger partial charge on any atom is -0.411 e. The van der Waals surface area contributed by atoms with E-state index in [1.807, 2.05) is 4.90 Å². The van der Waals surface area contributed by atoms with Crippen molar-refractivity contribution in [3.05, 3.63) is 0 Å². The van der Waals surface area contributed by atoms with Crippen LogP contribution in [0.5, 0.6) is 0 Å². The maximum atomic E-state index is 4.83. The van der Waals surface area contributed by atoms with Gasteiger partial charge in [0.25, 0.3) is 0 Å². The molecule has 0 radical (unpaired) electrons. The minimum atomic E-state index is 0. The second-order valence-corrected chi connectivity index (χ2v) is 3.03. The Balaban J connectivity index is 0.000000810. The zero-order valence-corrected chi connectivity index (χ0v) is 10.8. The quantitative estimate of drug-likeness (QED) is 0.251. The van der Waals surface area contributed by atoms with E-state index in [2.05, 4.69) is 5.32 Å². The standard InChI is InChI=1S/C5H10N2S2.K/c8-5(9)7-3-1-6-2-4-7;/h6H,1-4H2,(H,8,9);/q;+1/p-1. The number of rotatable bonds is 0. The van der Waals surface area contributed by atoms with E-state index >= 15 is 0 Å². The largest absolute Gasteiger partial charge is 1.00 e. The van der Waals surface area contributed by atoms with Gasteiger partial charge in [0.05, 0.1) is 0 Å². The Kier molecular flexibility index (Phi) is 7.31. The number of nitrogens with zero attached hydrogens (tertiary/aromatic N) is 1. The molecular formula is C5H9KN2S2. The van der Waals surface area contributed by atoms with Gasteiger partial charge in [0.1, 0.15) is 0 Å². The van der Waals surface area contributed by atoms with Crippen molar-refractivity contribution in [2.24, 2.45) is 0 Å². The van der Waals surface area contributed by atoms with Crippen LogP contribution in [0.15, 0.2) is 0 Å². The Morgan fingerprint density at radius 2 is 1.90 bits per heavy atom. The predicted octanol–water partition coefficient (Wildman–Crippen LogP) is -3.27. The van der Waals surface area contributed by atoms with Gasteiger partial charge < -0.3 is 35.1 Å². The molecule has 0 unspecified atom stereocenters. The van der Waals surface area contributed by atoms with E-state index in [4.69, 9.17) is 24.8 Å². The molecule has 0 aliphatic carbocycles. The third kappa shape index (κ3) is 3.92. The molecule has 1 saturated heterocycles. The molecule has 1 aliphatic rings. The first-order chi connectivity index (χ1) is 4.30. The van der Waals surface area contributed by atoms with Crippen LogP contribution in [0.3, 0.4) is 0 Å². The summed E-state index contributed by atoms with van der Waals surface area (Å²) in [4.78, 5) is 2.04. The molecule has 0 amide bonds. The zero-order valence-electron chi connectivity index (χ0n) is 6.09. The second kappa shape index (κ2) is 6.25. The third-order valence-electron chi connectivity index (χ3n) is 1.38. The van der Waals surface area contributed by atoms with Crippen LogP contribution in [-0.2, 0) is 12.6 Å². The number of nitrogens with one attached hydrogen (secondary N) is 1. The van der Waals surface area contributed by atoms with Crippen molar-refractivity contribution >= 4 is 29.2 Å². The molecule has 52 valence electrons. The molecule has 0 saturated carbocycles. The Hall–Kier alpha value is 1.71. The number of thiocarbonyl (C=S) groups is 1. The van der Waals surface area contributed by atoms with Crippen molar-refractivity contribution in [3.63, 3.8) is 0 Å². The second-order valence-electron chi connectivity index (χ2n) is 2.00. The summed E-state index contributed by atoms with van der Waals surface area (Å²) in [6.45, 7) is 3.97. The monoisotopic (exact) mass is 200 g/mol. The Morgan fingerprint density at radius 3 is 2.20 bits per heavy atom. The maximum Gasteiger partial charge on any atom is 1.00 e. The summed E-state index contributed by atoms with van der Waals surface area (Å²) in [7, 11) is 0. The topological polar surface area (TPSA) is 15.3 Å². The molecular weight excluding hydrogens is 191 g/mol. The van der Waals surface area contributed by atoms with Crippen molar-refractivity contribution in [2.45, 2.75) is 0 Å². The third-order valence-corrected chi connectivity index (χ3v) is 1.89. The number of hydrogen-bond donors (Lipinski definition) is 1. The smallest absolute Gasteiger partial charge is 0.411 e. The summed E-state index contributed by atoms with van der Waals surface area (Å²) in [6, 6.07) is 0. The van der Waals surface area contributed by atoms with E-state index in [0.717, 1.165) is 26.2 Å². The van der Waals surface area contributed by atoms with Gasteiger partial charge in [0.2, 0.25) is 0 Å². The van der Waals surface area contributed by atoms with Crippen LogP contribution in [0.4, 0.5) is 0 Å². The van der Waals surface area contributed by atoms with Crippen LogP contribution >= 0.6 is 12.2 Å². The van der Waals surface area contributed by atoms with Crippen LogP contribution in [0.1, 0.15) is 0 Å². The fraction of sp³-hybridized carbons (Fsp3) is 0.800. The minimum absolute atomic E-state index is 0. The molecule has 0 bridgehead atoms. The van der Waals surface area contributed by atoms with Crippen molar-refractivity contribution in [2.75, 3.05) is 26.2 Å². The van der Waals surface area contributed by atoms with Gasteiger partial charge in [-0.25, -0.2) is 0 Å². The maximum absolute atomic E-state index is 4.83. The van der Waals surface area contributed by atoms with E-state index < -0.39 is 0 Å². The van der Waals surface area contributed by atoms with Gasteiger partial charge in [-0.1, -0.05) is 4.32 Å². The normalized spacial score (nSPS) is 17.8. The molecule has 1 aliphatic heterocycles. The first-order valence-corrected chi connectivity index (χ1v) is 3.79. The molecule has 1 N–H and O–H groups in total. The number of piperazine rings is 1. The summed E-state index contributed by atoms with van der Waals surface area (Å²) in [5.41, 5.74) is 0. The molecule has 0 aromatic rings. The molecule has 0 aromatic heterocycles. The van der Waals surface area contributed by atoms with Crippen LogP contribution < -0.4 is 56.7 Å². The summed E-state index contributed by atoms with van der Waals surface area (Å²) in [6.07, 6.45) is 0. The van der Waals surface area contributed by atoms with E-state index in [1.165, 1.54) is 0 Å². The van der Waals surface area contributed by atoms with Gasteiger partial charge >= 0.3 is 51.4 Å². The molecule has 0 atom stereocenters. The van der Waals surface area contributed by atoms with Gasteiger partial charge in [0.15, 0.2) is 0 Å². The van der Waals surface area contributed by atoms with E-state index in [9.17, 15) is 0 Å². The molecule has 0 spiro atoms. The number of hydrogen-bond acceptors (Lipinski definition) is 3. The van der Waals surface area contributed by atoms with Crippen molar-refractivity contribution in [3.8, 4) is 0 Å². The SMILES string of the molecule is S=C([S-])N1CCNCC1.[K+]. The molecule has 1 rings (SSSR count). The van der Waals surface area contributed by atoms with Crippen LogP contribution in [0, 0.1) is 0 Å². The molecule has 1 heterocycles. The zero-order chi connectivity index (χ0) is 6.69. The van der Waals surface area contributed by atoms with Gasteiger partial charge in [-0.15, -0.1) is 0 Å². The van der Waals surface area contributed by atoms with Crippen LogP contribution in [0.25, 0.3) is 0 Å². The molecule has 5 heteroatoms. The first kappa shape index (κ1) is 11.7. The van der Waals surface area contributed by atoms with E-state index in [-0.39, 0.29) is 51.4 Å². The van der Waals surface area contributed by atoms with Crippen molar-refractivity contribution in [1.29, 1.82) is 0 Å². The fourth-order valence-electron chi connectivity index (χ4n) is 0.847. The first-order valence-electron chi connectivity index (χ1n) is 2.97. The average molecular weight is 200 g/mol. The van der Waals surface area contributed by atoms with Crippen molar-refractivity contribution in [1.82, 2.24) is 10.2 Å². The average Bonchev–Trinajstić information content (AvgIpc) is 1.90. The van der Waals surface area contributed by atoms with Gasteiger partial charge in [-0.05, 0) is 0 Å². The molecule has 1 fully saturated rings. The van der Waals surface area contributed by atoms with Gasteiger partial charge in [0, 0.05) is 26.2 Å². The summed E-state index contributed by atoms with van der Waals surface area (Å²) in [5, 5.41) is 3.22. The Morgan fingerprint density at radius 1 is 1.40 bits per heavy atom. The Bertz CT molecular complexity index is 114. The summed E-state index contributed by atoms with van der Waals surface area (Å²) < 4.78 is 0.608. The molecule has 10 heavy (non-hydrogen) atoms. The van der Waals surface area contributed by atoms with E-state index in [1.54, 1.807) is 0 Å². The summed E-state index contributed by atoms with van der Waals surface area (Å²) >= 11 is 9.66. The van der Waals surface area contributed by atoms with Gasteiger partial charge in [-0.2, -0.15) is 0 Å². The molecule has 0 aromatic carbocycles. The van der Waals surface area contributed by atoms with Crippen LogP contribution in [0.2, 0.25) is 0 Å². The van der Waals surface area contributed by atoms with E-state index in [0.29, 0.717) is 4.32 Å². The fourth-order valence-corrected chi connectivity index (χ4v) is 1.21. The van der Waals surface area contributed by atoms with Gasteiger partial charge in [-0.3, -0.25) is 0 Å². The Labute approximate surface area is 115 Å². The molecule has 2 nitrogen and oxygen atoms in total. The predicted molar refractivity (Wildman–Crippen MR) is 44.4 cm³/mol. The summed E-state index contributed by atoms with van der Waals surface area (Å²) in [5.74, 6) is 0. The van der Waals surface area contributed by atoms with Crippen LogP contribution in [-0.4, -0.2) is 35.4 Å².